The third kappa shape index (κ3) is 1.65. The van der Waals surface area contributed by atoms with E-state index >= 15 is 0 Å². The summed E-state index contributed by atoms with van der Waals surface area (Å²) < 4.78 is 1.74. The molecule has 0 aromatic carbocycles. The van der Waals surface area contributed by atoms with Crippen molar-refractivity contribution < 1.29 is 0 Å². The van der Waals surface area contributed by atoms with Crippen LogP contribution in [-0.2, 0) is 0 Å². The van der Waals surface area contributed by atoms with Crippen molar-refractivity contribution in [3.63, 3.8) is 0 Å². The maximum absolute atomic E-state index is 7.39. The zero-order valence-corrected chi connectivity index (χ0v) is 9.36. The highest BCUT2D eigenvalue weighted by Gasteiger charge is 2.12. The number of nitrogen functional groups attached to an aromatic ring is 1. The molecule has 5 nitrogen and oxygen atoms in total. The summed E-state index contributed by atoms with van der Waals surface area (Å²) in [4.78, 5) is 8.25. The molecule has 0 bridgehead atoms. The average molecular weight is 236 g/mol. The van der Waals surface area contributed by atoms with Gasteiger partial charge in [-0.05, 0) is 13.0 Å². The van der Waals surface area contributed by atoms with Crippen LogP contribution >= 0.6 is 11.6 Å². The zero-order chi connectivity index (χ0) is 11.7. The number of aromatic nitrogens is 3. The van der Waals surface area contributed by atoms with Gasteiger partial charge in [-0.1, -0.05) is 11.6 Å². The lowest BCUT2D eigenvalue weighted by atomic mass is 10.2. The van der Waals surface area contributed by atoms with Crippen LogP contribution in [0.2, 0.25) is 5.02 Å². The van der Waals surface area contributed by atoms with E-state index in [0.29, 0.717) is 16.4 Å². The van der Waals surface area contributed by atoms with E-state index in [1.54, 1.807) is 29.2 Å². The van der Waals surface area contributed by atoms with Crippen LogP contribution in [0.3, 0.4) is 0 Å². The Morgan fingerprint density at radius 3 is 2.75 bits per heavy atom. The number of hydrogen-bond donors (Lipinski definition) is 2. The highest BCUT2D eigenvalue weighted by Crippen LogP contribution is 2.22. The molecular formula is C10H10ClN5. The van der Waals surface area contributed by atoms with Crippen LogP contribution in [0.1, 0.15) is 11.4 Å². The molecule has 0 unspecified atom stereocenters. The quantitative estimate of drug-likeness (QED) is 0.612. The number of nitrogens with one attached hydrogen (secondary N) is 1. The fourth-order valence-corrected chi connectivity index (χ4v) is 1.72. The topological polar surface area (TPSA) is 80.6 Å². The van der Waals surface area contributed by atoms with Gasteiger partial charge in [0, 0.05) is 24.2 Å². The highest BCUT2D eigenvalue weighted by atomic mass is 35.5. The molecule has 16 heavy (non-hydrogen) atoms. The third-order valence-electron chi connectivity index (χ3n) is 2.21. The summed E-state index contributed by atoms with van der Waals surface area (Å²) in [6.07, 6.45) is 4.98. The summed E-state index contributed by atoms with van der Waals surface area (Å²) in [7, 11) is 0. The first-order valence-corrected chi connectivity index (χ1v) is 4.98. The molecule has 2 heterocycles. The summed E-state index contributed by atoms with van der Waals surface area (Å²) in [5.74, 6) is 1.23. The number of imidazole rings is 1. The van der Waals surface area contributed by atoms with E-state index in [0.717, 1.165) is 5.82 Å². The maximum Gasteiger partial charge on any atom is 0.157 e. The second-order valence-corrected chi connectivity index (χ2v) is 3.63. The van der Waals surface area contributed by atoms with Crippen molar-refractivity contribution in [1.29, 1.82) is 5.41 Å². The third-order valence-corrected chi connectivity index (χ3v) is 2.59. The molecule has 0 fully saturated rings. The van der Waals surface area contributed by atoms with Crippen molar-refractivity contribution in [3.05, 3.63) is 41.1 Å². The SMILES string of the molecule is Cc1nccn1-c1nccc(C(=N)N)c1Cl. The minimum atomic E-state index is -0.0774. The van der Waals surface area contributed by atoms with Gasteiger partial charge in [-0.25, -0.2) is 9.97 Å². The molecule has 2 aromatic rings. The molecule has 2 rings (SSSR count). The van der Waals surface area contributed by atoms with Crippen molar-refractivity contribution in [2.75, 3.05) is 0 Å². The van der Waals surface area contributed by atoms with Gasteiger partial charge in [-0.2, -0.15) is 0 Å². The highest BCUT2D eigenvalue weighted by molar-refractivity contribution is 6.35. The molecule has 82 valence electrons. The van der Waals surface area contributed by atoms with E-state index in [4.69, 9.17) is 22.7 Å². The maximum atomic E-state index is 7.39. The predicted octanol–water partition coefficient (Wildman–Crippen LogP) is 1.51. The fourth-order valence-electron chi connectivity index (χ4n) is 1.41. The second-order valence-electron chi connectivity index (χ2n) is 3.25. The molecule has 0 aliphatic rings. The summed E-state index contributed by atoms with van der Waals surface area (Å²) in [6, 6.07) is 1.61. The van der Waals surface area contributed by atoms with Gasteiger partial charge < -0.3 is 5.73 Å². The number of pyridine rings is 1. The molecule has 0 radical (unpaired) electrons. The molecule has 0 aliphatic heterocycles. The lowest BCUT2D eigenvalue weighted by molar-refractivity contribution is 0.932. The molecule has 6 heteroatoms. The predicted molar refractivity (Wildman–Crippen MR) is 62.1 cm³/mol. The average Bonchev–Trinajstić information content (AvgIpc) is 2.64. The number of hydrogen-bond acceptors (Lipinski definition) is 3. The van der Waals surface area contributed by atoms with Crippen LogP contribution in [-0.4, -0.2) is 20.4 Å². The molecule has 0 atom stereocenters. The zero-order valence-electron chi connectivity index (χ0n) is 8.61. The monoisotopic (exact) mass is 235 g/mol. The van der Waals surface area contributed by atoms with Gasteiger partial charge in [0.15, 0.2) is 5.82 Å². The van der Waals surface area contributed by atoms with E-state index in [1.807, 2.05) is 6.92 Å². The van der Waals surface area contributed by atoms with Crippen molar-refractivity contribution in [3.8, 4) is 5.82 Å². The lowest BCUT2D eigenvalue weighted by Crippen LogP contribution is -2.13. The lowest BCUT2D eigenvalue weighted by Gasteiger charge is -2.09. The van der Waals surface area contributed by atoms with Gasteiger partial charge in [0.1, 0.15) is 11.7 Å². The number of aryl methyl sites for hydroxylation is 1. The number of amidine groups is 1. The van der Waals surface area contributed by atoms with E-state index in [9.17, 15) is 0 Å². The van der Waals surface area contributed by atoms with E-state index in [1.165, 1.54) is 0 Å². The van der Waals surface area contributed by atoms with Crippen LogP contribution in [0.25, 0.3) is 5.82 Å². The van der Waals surface area contributed by atoms with E-state index in [2.05, 4.69) is 9.97 Å². The van der Waals surface area contributed by atoms with Gasteiger partial charge in [0.2, 0.25) is 0 Å². The van der Waals surface area contributed by atoms with Crippen molar-refractivity contribution >= 4 is 17.4 Å². The molecular weight excluding hydrogens is 226 g/mol. The summed E-state index contributed by atoms with van der Waals surface area (Å²) in [6.45, 7) is 1.85. The van der Waals surface area contributed by atoms with Crippen LogP contribution in [0.15, 0.2) is 24.7 Å². The molecule has 0 aliphatic carbocycles. The van der Waals surface area contributed by atoms with E-state index in [-0.39, 0.29) is 5.84 Å². The number of rotatable bonds is 2. The Kier molecular flexibility index (Phi) is 2.62. The van der Waals surface area contributed by atoms with Crippen molar-refractivity contribution in [1.82, 2.24) is 14.5 Å². The number of nitrogens with two attached hydrogens (primary N) is 1. The Labute approximate surface area is 97.4 Å². The molecule has 0 amide bonds. The number of nitrogens with zero attached hydrogens (tertiary/aromatic N) is 3. The minimum Gasteiger partial charge on any atom is -0.384 e. The Hall–Kier alpha value is -1.88. The number of halogens is 1. The summed E-state index contributed by atoms with van der Waals surface area (Å²) >= 11 is 6.14. The fraction of sp³-hybridized carbons (Fsp3) is 0.100. The van der Waals surface area contributed by atoms with Gasteiger partial charge in [0.05, 0.1) is 5.02 Å². The smallest absolute Gasteiger partial charge is 0.157 e. The first-order valence-electron chi connectivity index (χ1n) is 4.60. The molecule has 3 N–H and O–H groups in total. The molecule has 0 spiro atoms. The largest absolute Gasteiger partial charge is 0.384 e. The molecule has 0 saturated heterocycles. The van der Waals surface area contributed by atoms with Crippen LogP contribution in [0, 0.1) is 12.3 Å². The van der Waals surface area contributed by atoms with Crippen molar-refractivity contribution in [2.24, 2.45) is 5.73 Å². The Morgan fingerprint density at radius 2 is 2.19 bits per heavy atom. The van der Waals surface area contributed by atoms with Gasteiger partial charge >= 0.3 is 0 Å². The van der Waals surface area contributed by atoms with E-state index < -0.39 is 0 Å². The summed E-state index contributed by atoms with van der Waals surface area (Å²) in [5.41, 5.74) is 5.89. The van der Waals surface area contributed by atoms with Gasteiger partial charge in [-0.3, -0.25) is 9.98 Å². The summed E-state index contributed by atoms with van der Waals surface area (Å²) in [5, 5.41) is 7.75. The van der Waals surface area contributed by atoms with Crippen LogP contribution in [0.4, 0.5) is 0 Å². The first-order chi connectivity index (χ1) is 7.61. The van der Waals surface area contributed by atoms with Crippen LogP contribution < -0.4 is 5.73 Å². The Morgan fingerprint density at radius 1 is 1.44 bits per heavy atom. The first kappa shape index (κ1) is 10.6. The minimum absolute atomic E-state index is 0.0774. The van der Waals surface area contributed by atoms with Crippen molar-refractivity contribution in [2.45, 2.75) is 6.92 Å². The Bertz CT molecular complexity index is 546. The molecule has 2 aromatic heterocycles. The normalized spacial score (nSPS) is 10.4. The Balaban J connectivity index is 2.63. The van der Waals surface area contributed by atoms with Gasteiger partial charge in [0.25, 0.3) is 0 Å². The second kappa shape index (κ2) is 3.94. The standard InChI is InChI=1S/C10H10ClN5/c1-6-14-4-5-16(6)10-8(11)7(9(12)13)2-3-15-10/h2-5H,1H3,(H3,12,13). The molecule has 0 saturated carbocycles. The van der Waals surface area contributed by atoms with Gasteiger partial charge in [-0.15, -0.1) is 0 Å². The van der Waals surface area contributed by atoms with Crippen LogP contribution in [0.5, 0.6) is 0 Å².